The Labute approximate surface area is 162 Å². The van der Waals surface area contributed by atoms with Gasteiger partial charge in [-0.3, -0.25) is 9.69 Å². The van der Waals surface area contributed by atoms with Gasteiger partial charge in [-0.15, -0.1) is 0 Å². The number of aryl methyl sites for hydroxylation is 1. The molecule has 1 aromatic carbocycles. The molecular formula is C20H24F2N4O2. The fourth-order valence-electron chi connectivity index (χ4n) is 4.23. The molecule has 150 valence electrons. The van der Waals surface area contributed by atoms with E-state index in [4.69, 9.17) is 0 Å². The van der Waals surface area contributed by atoms with Gasteiger partial charge in [-0.25, -0.2) is 4.68 Å². The van der Waals surface area contributed by atoms with Crippen LogP contribution >= 0.6 is 0 Å². The molecule has 8 heteroatoms. The number of carbonyl (C=O) groups is 1. The van der Waals surface area contributed by atoms with Crippen molar-refractivity contribution >= 4 is 11.7 Å². The van der Waals surface area contributed by atoms with Crippen molar-refractivity contribution in [3.8, 4) is 5.75 Å². The summed E-state index contributed by atoms with van der Waals surface area (Å²) in [5, 5.41) is 4.68. The summed E-state index contributed by atoms with van der Waals surface area (Å²) >= 11 is 0. The van der Waals surface area contributed by atoms with Crippen molar-refractivity contribution < 1.29 is 18.3 Å². The van der Waals surface area contributed by atoms with Gasteiger partial charge in [0.1, 0.15) is 11.6 Å². The highest BCUT2D eigenvalue weighted by atomic mass is 19.3. The quantitative estimate of drug-likeness (QED) is 0.805. The third-order valence-electron chi connectivity index (χ3n) is 5.80. The zero-order valence-corrected chi connectivity index (χ0v) is 16.1. The molecule has 0 radical (unpaired) electrons. The summed E-state index contributed by atoms with van der Waals surface area (Å²) in [6.45, 7) is 1.59. The summed E-state index contributed by atoms with van der Waals surface area (Å²) < 4.78 is 31.0. The van der Waals surface area contributed by atoms with Crippen LogP contribution in [0, 0.1) is 6.92 Å². The van der Waals surface area contributed by atoms with E-state index in [1.165, 1.54) is 0 Å². The Morgan fingerprint density at radius 2 is 1.89 bits per heavy atom. The number of ether oxygens (including phenoxy) is 1. The van der Waals surface area contributed by atoms with Crippen LogP contribution in [0.2, 0.25) is 0 Å². The molecule has 1 spiro atoms. The van der Waals surface area contributed by atoms with E-state index >= 15 is 0 Å². The molecule has 2 aliphatic heterocycles. The topological polar surface area (TPSA) is 50.6 Å². The normalized spacial score (nSPS) is 19.3. The summed E-state index contributed by atoms with van der Waals surface area (Å²) in [4.78, 5) is 16.5. The fraction of sp³-hybridized carbons (Fsp3) is 0.500. The van der Waals surface area contributed by atoms with Crippen molar-refractivity contribution in [1.29, 1.82) is 0 Å². The lowest BCUT2D eigenvalue weighted by atomic mass is 9.82. The number of piperidine rings is 1. The van der Waals surface area contributed by atoms with Crippen molar-refractivity contribution in [3.05, 3.63) is 41.6 Å². The second kappa shape index (κ2) is 7.16. The van der Waals surface area contributed by atoms with Crippen LogP contribution in [0.25, 0.3) is 0 Å². The Kier molecular flexibility index (Phi) is 4.82. The predicted molar refractivity (Wildman–Crippen MR) is 101 cm³/mol. The summed E-state index contributed by atoms with van der Waals surface area (Å²) in [7, 11) is 1.80. The largest absolute Gasteiger partial charge is 0.435 e. The van der Waals surface area contributed by atoms with Gasteiger partial charge >= 0.3 is 6.61 Å². The molecule has 0 N–H and O–H groups in total. The van der Waals surface area contributed by atoms with Crippen LogP contribution in [0.5, 0.6) is 5.75 Å². The van der Waals surface area contributed by atoms with Crippen LogP contribution in [0.4, 0.5) is 14.6 Å². The van der Waals surface area contributed by atoms with Gasteiger partial charge in [-0.05, 0) is 37.5 Å². The summed E-state index contributed by atoms with van der Waals surface area (Å²) in [6, 6.07) is 8.74. The van der Waals surface area contributed by atoms with E-state index < -0.39 is 6.61 Å². The van der Waals surface area contributed by atoms with Crippen LogP contribution in [0.1, 0.15) is 30.5 Å². The van der Waals surface area contributed by atoms with Gasteiger partial charge in [0, 0.05) is 32.7 Å². The van der Waals surface area contributed by atoms with Crippen LogP contribution in [-0.2, 0) is 16.9 Å². The molecule has 0 atom stereocenters. The number of likely N-dealkylation sites (tertiary alicyclic amines) is 1. The Hall–Kier alpha value is -2.48. The first-order valence-corrected chi connectivity index (χ1v) is 9.46. The molecule has 6 nitrogen and oxygen atoms in total. The maximum atomic E-state index is 12.5. The van der Waals surface area contributed by atoms with Gasteiger partial charge in [0.2, 0.25) is 5.91 Å². The minimum Gasteiger partial charge on any atom is -0.435 e. The molecule has 3 heterocycles. The lowest BCUT2D eigenvalue weighted by Gasteiger charge is -2.46. The van der Waals surface area contributed by atoms with E-state index in [2.05, 4.69) is 19.4 Å². The van der Waals surface area contributed by atoms with E-state index in [-0.39, 0.29) is 17.2 Å². The SMILES string of the molecule is Cc1cc2n(n1)C1(CCN(Cc3ccc(OC(F)F)cc3)CC1)CC(=O)N2C. The first-order valence-electron chi connectivity index (χ1n) is 9.46. The van der Waals surface area contributed by atoms with Crippen LogP contribution < -0.4 is 9.64 Å². The van der Waals surface area contributed by atoms with Gasteiger partial charge in [-0.2, -0.15) is 13.9 Å². The Bertz CT molecular complexity index is 858. The number of carbonyl (C=O) groups excluding carboxylic acids is 1. The number of benzene rings is 1. The minimum atomic E-state index is -2.81. The lowest BCUT2D eigenvalue weighted by molar-refractivity contribution is -0.122. The van der Waals surface area contributed by atoms with Crippen molar-refractivity contribution in [2.45, 2.75) is 44.9 Å². The Balaban J connectivity index is 1.43. The number of hydrogen-bond acceptors (Lipinski definition) is 4. The summed E-state index contributed by atoms with van der Waals surface area (Å²) in [6.07, 6.45) is 2.19. The molecule has 2 aliphatic rings. The summed E-state index contributed by atoms with van der Waals surface area (Å²) in [5.74, 6) is 1.18. The maximum absolute atomic E-state index is 12.5. The minimum absolute atomic E-state index is 0.135. The number of anilines is 1. The maximum Gasteiger partial charge on any atom is 0.387 e. The number of alkyl halides is 2. The third kappa shape index (κ3) is 3.48. The molecule has 0 aliphatic carbocycles. The van der Waals surface area contributed by atoms with Gasteiger partial charge in [0.05, 0.1) is 17.7 Å². The molecule has 1 amide bonds. The molecule has 4 rings (SSSR count). The van der Waals surface area contributed by atoms with Gasteiger partial charge in [0.15, 0.2) is 0 Å². The van der Waals surface area contributed by atoms with Crippen molar-refractivity contribution in [2.24, 2.45) is 0 Å². The first-order chi connectivity index (χ1) is 13.4. The highest BCUT2D eigenvalue weighted by Crippen LogP contribution is 2.41. The number of amides is 1. The van der Waals surface area contributed by atoms with Crippen molar-refractivity contribution in [3.63, 3.8) is 0 Å². The molecule has 0 saturated carbocycles. The van der Waals surface area contributed by atoms with Gasteiger partial charge in [0.25, 0.3) is 0 Å². The second-order valence-electron chi connectivity index (χ2n) is 7.71. The molecule has 0 bridgehead atoms. The van der Waals surface area contributed by atoms with Crippen LogP contribution in [-0.4, -0.2) is 47.3 Å². The first kappa shape index (κ1) is 18.9. The monoisotopic (exact) mass is 390 g/mol. The zero-order chi connectivity index (χ0) is 19.9. The number of hydrogen-bond donors (Lipinski definition) is 0. The van der Waals surface area contributed by atoms with E-state index in [0.29, 0.717) is 6.42 Å². The van der Waals surface area contributed by atoms with Crippen molar-refractivity contribution in [1.82, 2.24) is 14.7 Å². The van der Waals surface area contributed by atoms with E-state index in [1.807, 2.05) is 25.1 Å². The van der Waals surface area contributed by atoms with Crippen LogP contribution in [0.3, 0.4) is 0 Å². The number of rotatable bonds is 4. The number of nitrogens with zero attached hydrogens (tertiary/aromatic N) is 4. The fourth-order valence-corrected chi connectivity index (χ4v) is 4.23. The van der Waals surface area contributed by atoms with E-state index in [9.17, 15) is 13.6 Å². The molecule has 1 saturated heterocycles. The average molecular weight is 390 g/mol. The average Bonchev–Trinajstić information content (AvgIpc) is 3.06. The molecule has 1 fully saturated rings. The number of aromatic nitrogens is 2. The van der Waals surface area contributed by atoms with Gasteiger partial charge in [-0.1, -0.05) is 12.1 Å². The number of fused-ring (bicyclic) bond motifs is 2. The smallest absolute Gasteiger partial charge is 0.387 e. The zero-order valence-electron chi connectivity index (χ0n) is 16.1. The van der Waals surface area contributed by atoms with Gasteiger partial charge < -0.3 is 9.64 Å². The third-order valence-corrected chi connectivity index (χ3v) is 5.80. The highest BCUT2D eigenvalue weighted by Gasteiger charge is 2.45. The lowest BCUT2D eigenvalue weighted by Crippen LogP contribution is -2.53. The number of halogens is 2. The highest BCUT2D eigenvalue weighted by molar-refractivity contribution is 5.94. The second-order valence-corrected chi connectivity index (χ2v) is 7.71. The molecular weight excluding hydrogens is 366 g/mol. The summed E-state index contributed by atoms with van der Waals surface area (Å²) in [5.41, 5.74) is 1.72. The Morgan fingerprint density at radius 1 is 1.21 bits per heavy atom. The molecule has 0 unspecified atom stereocenters. The molecule has 28 heavy (non-hydrogen) atoms. The Morgan fingerprint density at radius 3 is 2.54 bits per heavy atom. The van der Waals surface area contributed by atoms with Crippen LogP contribution in [0.15, 0.2) is 30.3 Å². The standard InChI is InChI=1S/C20H24F2N4O2/c1-14-11-17-24(2)18(27)12-20(26(17)23-14)7-9-25(10-8-20)13-15-3-5-16(6-4-15)28-19(21)22/h3-6,11,19H,7-10,12-13H2,1-2H3. The molecule has 1 aromatic heterocycles. The predicted octanol–water partition coefficient (Wildman–Crippen LogP) is 3.15. The van der Waals surface area contributed by atoms with E-state index in [0.717, 1.165) is 49.6 Å². The molecule has 2 aromatic rings. The van der Waals surface area contributed by atoms with E-state index in [1.54, 1.807) is 24.1 Å². The van der Waals surface area contributed by atoms with Crippen molar-refractivity contribution in [2.75, 3.05) is 25.0 Å².